The zero-order chi connectivity index (χ0) is 22.8. The average molecular weight is 458 g/mol. The minimum absolute atomic E-state index is 0.0669. The lowest BCUT2D eigenvalue weighted by molar-refractivity contribution is 0.0991. The molecule has 1 fully saturated rings. The van der Waals surface area contributed by atoms with E-state index in [1.54, 1.807) is 24.3 Å². The van der Waals surface area contributed by atoms with E-state index in [2.05, 4.69) is 45.1 Å². The quantitative estimate of drug-likeness (QED) is 0.393. The molecule has 0 atom stereocenters. The number of piperidine rings is 1. The molecular formula is C26H27N5OS. The Labute approximate surface area is 198 Å². The van der Waals surface area contributed by atoms with Gasteiger partial charge in [0.15, 0.2) is 5.78 Å². The zero-order valence-corrected chi connectivity index (χ0v) is 19.8. The van der Waals surface area contributed by atoms with E-state index in [0.717, 1.165) is 58.7 Å². The first-order valence-electron chi connectivity index (χ1n) is 11.2. The van der Waals surface area contributed by atoms with Crippen LogP contribution < -0.4 is 0 Å². The van der Waals surface area contributed by atoms with Gasteiger partial charge in [0.1, 0.15) is 0 Å². The molecule has 33 heavy (non-hydrogen) atoms. The van der Waals surface area contributed by atoms with E-state index in [0.29, 0.717) is 10.8 Å². The number of imidazole rings is 1. The van der Waals surface area contributed by atoms with Crippen LogP contribution in [0, 0.1) is 0 Å². The Morgan fingerprint density at radius 1 is 1.03 bits per heavy atom. The molecule has 7 heteroatoms. The van der Waals surface area contributed by atoms with Crippen molar-refractivity contribution in [3.63, 3.8) is 0 Å². The molecule has 0 bridgehead atoms. The van der Waals surface area contributed by atoms with Crippen LogP contribution in [0.15, 0.2) is 66.3 Å². The molecule has 3 aromatic heterocycles. The van der Waals surface area contributed by atoms with Crippen LogP contribution in [0.5, 0.6) is 0 Å². The smallest absolute Gasteiger partial charge is 0.168 e. The number of benzene rings is 1. The van der Waals surface area contributed by atoms with Crippen LogP contribution in [0.2, 0.25) is 0 Å². The number of rotatable bonds is 6. The molecule has 0 radical (unpaired) electrons. The average Bonchev–Trinajstić information content (AvgIpc) is 3.26. The maximum absolute atomic E-state index is 13.0. The van der Waals surface area contributed by atoms with Crippen molar-refractivity contribution in [1.29, 1.82) is 0 Å². The molecule has 6 nitrogen and oxygen atoms in total. The summed E-state index contributed by atoms with van der Waals surface area (Å²) in [7, 11) is 4.15. The highest BCUT2D eigenvalue weighted by Gasteiger charge is 2.19. The van der Waals surface area contributed by atoms with E-state index in [4.69, 9.17) is 0 Å². The van der Waals surface area contributed by atoms with Gasteiger partial charge in [-0.05, 0) is 62.6 Å². The Morgan fingerprint density at radius 2 is 1.88 bits per heavy atom. The first-order valence-corrected chi connectivity index (χ1v) is 12.1. The molecule has 4 heterocycles. The van der Waals surface area contributed by atoms with Gasteiger partial charge in [0.25, 0.3) is 0 Å². The van der Waals surface area contributed by atoms with Crippen molar-refractivity contribution in [3.05, 3.63) is 72.6 Å². The number of fused-ring (bicyclic) bond motifs is 1. The second kappa shape index (κ2) is 9.45. The third-order valence-electron chi connectivity index (χ3n) is 6.24. The lowest BCUT2D eigenvalue weighted by Crippen LogP contribution is -2.31. The van der Waals surface area contributed by atoms with E-state index in [1.165, 1.54) is 0 Å². The van der Waals surface area contributed by atoms with Gasteiger partial charge in [-0.25, -0.2) is 9.97 Å². The van der Waals surface area contributed by atoms with Crippen molar-refractivity contribution < 1.29 is 4.79 Å². The number of carbonyl (C=O) groups is 1. The summed E-state index contributed by atoms with van der Waals surface area (Å²) < 4.78 is 2.00. The molecule has 0 aliphatic carbocycles. The van der Waals surface area contributed by atoms with Crippen LogP contribution in [0.4, 0.5) is 0 Å². The summed E-state index contributed by atoms with van der Waals surface area (Å²) in [6.45, 7) is 2.23. The minimum Gasteiger partial charge on any atom is -0.334 e. The highest BCUT2D eigenvalue weighted by atomic mass is 32.2. The fourth-order valence-corrected chi connectivity index (χ4v) is 5.37. The first kappa shape index (κ1) is 21.8. The van der Waals surface area contributed by atoms with Crippen LogP contribution >= 0.6 is 11.8 Å². The van der Waals surface area contributed by atoms with Crippen molar-refractivity contribution >= 4 is 28.3 Å². The van der Waals surface area contributed by atoms with Gasteiger partial charge in [0, 0.05) is 46.9 Å². The normalized spacial score (nSPS) is 15.2. The molecule has 4 aromatic rings. The van der Waals surface area contributed by atoms with Crippen LogP contribution in [-0.2, 0) is 13.5 Å². The monoisotopic (exact) mass is 457 g/mol. The number of pyridine rings is 2. The maximum Gasteiger partial charge on any atom is 0.168 e. The van der Waals surface area contributed by atoms with E-state index >= 15 is 0 Å². The van der Waals surface area contributed by atoms with E-state index in [-0.39, 0.29) is 12.2 Å². The largest absolute Gasteiger partial charge is 0.334 e. The van der Waals surface area contributed by atoms with Crippen molar-refractivity contribution in [2.24, 2.45) is 7.05 Å². The van der Waals surface area contributed by atoms with Gasteiger partial charge in [-0.15, -0.1) is 11.8 Å². The molecule has 1 aliphatic rings. The van der Waals surface area contributed by atoms with Crippen molar-refractivity contribution in [2.45, 2.75) is 29.5 Å². The number of hydrogen-bond donors (Lipinski definition) is 0. The highest BCUT2D eigenvalue weighted by Crippen LogP contribution is 2.29. The van der Waals surface area contributed by atoms with Gasteiger partial charge in [-0.3, -0.25) is 9.78 Å². The lowest BCUT2D eigenvalue weighted by atomic mass is 10.0. The Hall–Kier alpha value is -3.03. The van der Waals surface area contributed by atoms with Gasteiger partial charge in [0.2, 0.25) is 0 Å². The van der Waals surface area contributed by atoms with Crippen molar-refractivity contribution in [2.75, 3.05) is 20.1 Å². The molecule has 1 saturated heterocycles. The van der Waals surface area contributed by atoms with E-state index < -0.39 is 0 Å². The Bertz CT molecular complexity index is 1290. The topological polar surface area (TPSA) is 63.9 Å². The number of thioether (sulfide) groups is 1. The Balaban J connectivity index is 1.32. The second-order valence-corrected chi connectivity index (χ2v) is 10.1. The maximum atomic E-state index is 13.0. The molecule has 5 rings (SSSR count). The SMILES string of the molecule is CN1CCC(Sc2cc(C(=O)Cc3cc4cc(-c5cncn5C)ccc4cn3)ccn2)CC1. The number of carbonyl (C=O) groups excluding carboxylic acids is 1. The van der Waals surface area contributed by atoms with Gasteiger partial charge in [-0.1, -0.05) is 12.1 Å². The molecule has 0 amide bonds. The fraction of sp³-hybridized carbons (Fsp3) is 0.308. The highest BCUT2D eigenvalue weighted by molar-refractivity contribution is 7.99. The van der Waals surface area contributed by atoms with Gasteiger partial charge in [0.05, 0.1) is 29.7 Å². The standard InChI is InChI=1S/C26H27N5OS/c1-30-9-6-23(7-10-30)33-26-13-19(5-8-28-26)25(32)14-22-12-21-11-18(3-4-20(21)15-29-22)24-16-27-17-31(24)2/h3-5,8,11-13,15-17,23H,6-7,9-10,14H2,1-2H3. The molecule has 1 aromatic carbocycles. The van der Waals surface area contributed by atoms with Crippen LogP contribution in [0.1, 0.15) is 28.9 Å². The Morgan fingerprint density at radius 3 is 2.67 bits per heavy atom. The predicted octanol–water partition coefficient (Wildman–Crippen LogP) is 4.64. The summed E-state index contributed by atoms with van der Waals surface area (Å²) in [5, 5.41) is 3.62. The molecule has 0 saturated carbocycles. The summed E-state index contributed by atoms with van der Waals surface area (Å²) >= 11 is 1.79. The summed E-state index contributed by atoms with van der Waals surface area (Å²) in [4.78, 5) is 28.7. The molecule has 0 unspecified atom stereocenters. The molecular weight excluding hydrogens is 430 g/mol. The first-order chi connectivity index (χ1) is 16.0. The minimum atomic E-state index is 0.0669. The van der Waals surface area contributed by atoms with Gasteiger partial charge >= 0.3 is 0 Å². The number of aryl methyl sites for hydroxylation is 1. The zero-order valence-electron chi connectivity index (χ0n) is 18.9. The van der Waals surface area contributed by atoms with Gasteiger partial charge < -0.3 is 9.47 Å². The lowest BCUT2D eigenvalue weighted by Gasteiger charge is -2.28. The third-order valence-corrected chi connectivity index (χ3v) is 7.51. The third kappa shape index (κ3) is 4.99. The predicted molar refractivity (Wildman–Crippen MR) is 133 cm³/mol. The molecule has 0 spiro atoms. The summed E-state index contributed by atoms with van der Waals surface area (Å²) in [5.74, 6) is 0.0669. The van der Waals surface area contributed by atoms with Crippen LogP contribution in [-0.4, -0.2) is 55.6 Å². The van der Waals surface area contributed by atoms with E-state index in [1.807, 2.05) is 42.2 Å². The van der Waals surface area contributed by atoms with E-state index in [9.17, 15) is 4.79 Å². The number of nitrogens with zero attached hydrogens (tertiary/aromatic N) is 5. The molecule has 1 aliphatic heterocycles. The van der Waals surface area contributed by atoms with Crippen LogP contribution in [0.3, 0.4) is 0 Å². The fourth-order valence-electron chi connectivity index (χ4n) is 4.27. The summed E-state index contributed by atoms with van der Waals surface area (Å²) in [5.41, 5.74) is 3.62. The number of ketones is 1. The second-order valence-electron chi connectivity index (χ2n) is 8.73. The molecule has 168 valence electrons. The number of Topliss-reactive ketones (excluding diaryl/α,β-unsaturated/α-hetero) is 1. The number of hydrogen-bond acceptors (Lipinski definition) is 6. The molecule has 0 N–H and O–H groups in total. The summed E-state index contributed by atoms with van der Waals surface area (Å²) in [6.07, 6.45) is 9.83. The van der Waals surface area contributed by atoms with Crippen molar-refractivity contribution in [1.82, 2.24) is 24.4 Å². The van der Waals surface area contributed by atoms with Gasteiger partial charge in [-0.2, -0.15) is 0 Å². The summed E-state index contributed by atoms with van der Waals surface area (Å²) in [6, 6.07) is 12.0. The number of likely N-dealkylation sites (tertiary alicyclic amines) is 1. The van der Waals surface area contributed by atoms with Crippen molar-refractivity contribution in [3.8, 4) is 11.3 Å². The Kier molecular flexibility index (Phi) is 6.24. The van der Waals surface area contributed by atoms with Crippen LogP contribution in [0.25, 0.3) is 22.0 Å². The number of aromatic nitrogens is 4.